The van der Waals surface area contributed by atoms with Gasteiger partial charge in [0.1, 0.15) is 17.1 Å². The Bertz CT molecular complexity index is 1080. The molecule has 0 aliphatic heterocycles. The van der Waals surface area contributed by atoms with Gasteiger partial charge in [0.2, 0.25) is 0 Å². The highest BCUT2D eigenvalue weighted by Crippen LogP contribution is 2.31. The molecule has 0 saturated carbocycles. The highest BCUT2D eigenvalue weighted by atomic mass is 16.5. The third kappa shape index (κ3) is 4.19. The van der Waals surface area contributed by atoms with Gasteiger partial charge in [0.25, 0.3) is 0 Å². The number of pyridine rings is 1. The molecule has 29 heavy (non-hydrogen) atoms. The molecule has 0 spiro atoms. The number of rotatable bonds is 7. The summed E-state index contributed by atoms with van der Waals surface area (Å²) in [7, 11) is 3.32. The molecule has 0 aliphatic rings. The van der Waals surface area contributed by atoms with Crippen molar-refractivity contribution in [1.82, 2.24) is 9.97 Å². The summed E-state index contributed by atoms with van der Waals surface area (Å²) in [5.74, 6) is 1.51. The minimum absolute atomic E-state index is 0.0771. The zero-order chi connectivity index (χ0) is 20.2. The van der Waals surface area contributed by atoms with Gasteiger partial charge in [-0.05, 0) is 36.6 Å². The van der Waals surface area contributed by atoms with E-state index in [1.807, 2.05) is 31.2 Å². The number of methoxy groups -OCH3 is 2. The second kappa shape index (κ2) is 8.27. The van der Waals surface area contributed by atoms with E-state index in [1.165, 1.54) is 11.1 Å². The van der Waals surface area contributed by atoms with Gasteiger partial charge in [-0.15, -0.1) is 0 Å². The van der Waals surface area contributed by atoms with Crippen LogP contribution >= 0.6 is 0 Å². The first-order valence-corrected chi connectivity index (χ1v) is 9.64. The first-order valence-electron chi connectivity index (χ1n) is 9.64. The monoisotopic (exact) mass is 387 g/mol. The standard InChI is InChI=1S/C24H25N3O2/c1-16-9-10-22-18(15-25-24(22)26-16)11-23(17-7-5-4-6-8-17)27-19-12-20(28-2)14-21(13-19)29-3/h4-10,12-15,23,27H,11H2,1-3H3,(H,25,26). The molecule has 2 heterocycles. The van der Waals surface area contributed by atoms with Crippen molar-refractivity contribution in [2.45, 2.75) is 19.4 Å². The van der Waals surface area contributed by atoms with E-state index in [4.69, 9.17) is 9.47 Å². The fourth-order valence-corrected chi connectivity index (χ4v) is 3.58. The third-order valence-electron chi connectivity index (χ3n) is 5.08. The van der Waals surface area contributed by atoms with Crippen LogP contribution in [0.3, 0.4) is 0 Å². The zero-order valence-corrected chi connectivity index (χ0v) is 16.9. The molecule has 0 radical (unpaired) electrons. The normalized spacial score (nSPS) is 12.0. The topological polar surface area (TPSA) is 59.2 Å². The van der Waals surface area contributed by atoms with E-state index in [0.717, 1.165) is 40.3 Å². The van der Waals surface area contributed by atoms with Gasteiger partial charge in [-0.2, -0.15) is 0 Å². The van der Waals surface area contributed by atoms with E-state index in [9.17, 15) is 0 Å². The van der Waals surface area contributed by atoms with Gasteiger partial charge >= 0.3 is 0 Å². The SMILES string of the molecule is COc1cc(NC(Cc2c[nH]c3nc(C)ccc23)c2ccccc2)cc(OC)c1. The lowest BCUT2D eigenvalue weighted by Gasteiger charge is -2.21. The highest BCUT2D eigenvalue weighted by Gasteiger charge is 2.16. The summed E-state index contributed by atoms with van der Waals surface area (Å²) >= 11 is 0. The van der Waals surface area contributed by atoms with Crippen LogP contribution in [0.5, 0.6) is 11.5 Å². The van der Waals surface area contributed by atoms with Gasteiger partial charge in [0.05, 0.1) is 20.3 Å². The van der Waals surface area contributed by atoms with Gasteiger partial charge in [0, 0.05) is 41.2 Å². The zero-order valence-electron chi connectivity index (χ0n) is 16.9. The molecule has 4 aromatic rings. The summed E-state index contributed by atoms with van der Waals surface area (Å²) < 4.78 is 10.9. The van der Waals surface area contributed by atoms with E-state index >= 15 is 0 Å². The summed E-state index contributed by atoms with van der Waals surface area (Å²) in [6.45, 7) is 2.00. The van der Waals surface area contributed by atoms with Crippen LogP contribution in [-0.2, 0) is 6.42 Å². The molecule has 5 nitrogen and oxygen atoms in total. The average molecular weight is 387 g/mol. The van der Waals surface area contributed by atoms with Crippen LogP contribution in [0.15, 0.2) is 66.9 Å². The number of nitrogens with zero attached hydrogens (tertiary/aromatic N) is 1. The van der Waals surface area contributed by atoms with Gasteiger partial charge in [-0.3, -0.25) is 0 Å². The Morgan fingerprint density at radius 2 is 1.69 bits per heavy atom. The molecule has 0 amide bonds. The van der Waals surface area contributed by atoms with Gasteiger partial charge in [-0.1, -0.05) is 30.3 Å². The fraction of sp³-hybridized carbons (Fsp3) is 0.208. The van der Waals surface area contributed by atoms with Crippen molar-refractivity contribution in [2.75, 3.05) is 19.5 Å². The van der Waals surface area contributed by atoms with Crippen LogP contribution < -0.4 is 14.8 Å². The molecule has 2 aromatic carbocycles. The largest absolute Gasteiger partial charge is 0.497 e. The lowest BCUT2D eigenvalue weighted by atomic mass is 9.98. The smallest absolute Gasteiger partial charge is 0.137 e. The van der Waals surface area contributed by atoms with Crippen LogP contribution in [0, 0.1) is 6.92 Å². The van der Waals surface area contributed by atoms with Crippen molar-refractivity contribution in [2.24, 2.45) is 0 Å². The van der Waals surface area contributed by atoms with Crippen LogP contribution in [0.4, 0.5) is 5.69 Å². The number of H-pyrrole nitrogens is 1. The molecule has 0 fully saturated rings. The van der Waals surface area contributed by atoms with Crippen molar-refractivity contribution in [3.8, 4) is 11.5 Å². The summed E-state index contributed by atoms with van der Waals surface area (Å²) in [4.78, 5) is 7.90. The van der Waals surface area contributed by atoms with Crippen LogP contribution in [0.2, 0.25) is 0 Å². The van der Waals surface area contributed by atoms with Gasteiger partial charge in [0.15, 0.2) is 0 Å². The van der Waals surface area contributed by atoms with E-state index in [-0.39, 0.29) is 6.04 Å². The van der Waals surface area contributed by atoms with Crippen molar-refractivity contribution in [1.29, 1.82) is 0 Å². The molecular weight excluding hydrogens is 362 g/mol. The average Bonchev–Trinajstić information content (AvgIpc) is 3.15. The number of ether oxygens (including phenoxy) is 2. The van der Waals surface area contributed by atoms with Crippen LogP contribution in [0.25, 0.3) is 11.0 Å². The Labute approximate surface area is 170 Å². The minimum atomic E-state index is 0.0771. The molecular formula is C24H25N3O2. The van der Waals surface area contributed by atoms with Crippen molar-refractivity contribution in [3.05, 3.63) is 83.7 Å². The Hall–Kier alpha value is -3.47. The number of aromatic amines is 1. The molecule has 148 valence electrons. The molecule has 1 unspecified atom stereocenters. The van der Waals surface area contributed by atoms with Crippen molar-refractivity contribution in [3.63, 3.8) is 0 Å². The predicted molar refractivity (Wildman–Crippen MR) is 117 cm³/mol. The highest BCUT2D eigenvalue weighted by molar-refractivity contribution is 5.80. The van der Waals surface area contributed by atoms with Crippen molar-refractivity contribution < 1.29 is 9.47 Å². The van der Waals surface area contributed by atoms with E-state index in [2.05, 4.69) is 57.9 Å². The number of hydrogen-bond donors (Lipinski definition) is 2. The number of aromatic nitrogens is 2. The summed E-state index contributed by atoms with van der Waals surface area (Å²) in [6.07, 6.45) is 2.87. The molecule has 2 aromatic heterocycles. The molecule has 1 atom stereocenters. The minimum Gasteiger partial charge on any atom is -0.497 e. The Morgan fingerprint density at radius 1 is 0.966 bits per heavy atom. The molecule has 0 bridgehead atoms. The van der Waals surface area contributed by atoms with Crippen LogP contribution in [0.1, 0.15) is 22.9 Å². The van der Waals surface area contributed by atoms with E-state index in [1.54, 1.807) is 14.2 Å². The first kappa shape index (κ1) is 18.9. The predicted octanol–water partition coefficient (Wildman–Crippen LogP) is 5.28. The third-order valence-corrected chi connectivity index (χ3v) is 5.08. The second-order valence-electron chi connectivity index (χ2n) is 7.08. The van der Waals surface area contributed by atoms with E-state index < -0.39 is 0 Å². The number of anilines is 1. The molecule has 0 saturated heterocycles. The maximum atomic E-state index is 5.43. The Kier molecular flexibility index (Phi) is 5.38. The second-order valence-corrected chi connectivity index (χ2v) is 7.08. The summed E-state index contributed by atoms with van der Waals surface area (Å²) in [6, 6.07) is 20.6. The number of benzene rings is 2. The maximum Gasteiger partial charge on any atom is 0.137 e. The quantitative estimate of drug-likeness (QED) is 0.453. The lowest BCUT2D eigenvalue weighted by Crippen LogP contribution is -2.13. The van der Waals surface area contributed by atoms with Gasteiger partial charge < -0.3 is 19.8 Å². The molecule has 2 N–H and O–H groups in total. The number of aryl methyl sites for hydroxylation is 1. The lowest BCUT2D eigenvalue weighted by molar-refractivity contribution is 0.394. The molecule has 0 aliphatic carbocycles. The fourth-order valence-electron chi connectivity index (χ4n) is 3.58. The molecule has 4 rings (SSSR count). The number of nitrogens with one attached hydrogen (secondary N) is 2. The maximum absolute atomic E-state index is 5.43. The Balaban J connectivity index is 1.69. The Morgan fingerprint density at radius 3 is 2.38 bits per heavy atom. The summed E-state index contributed by atoms with van der Waals surface area (Å²) in [5, 5.41) is 4.82. The molecule has 5 heteroatoms. The van der Waals surface area contributed by atoms with Crippen molar-refractivity contribution >= 4 is 16.7 Å². The van der Waals surface area contributed by atoms with Gasteiger partial charge in [-0.25, -0.2) is 4.98 Å². The number of hydrogen-bond acceptors (Lipinski definition) is 4. The van der Waals surface area contributed by atoms with Crippen LogP contribution in [-0.4, -0.2) is 24.2 Å². The number of fused-ring (bicyclic) bond motifs is 1. The van der Waals surface area contributed by atoms with E-state index in [0.29, 0.717) is 0 Å². The first-order chi connectivity index (χ1) is 14.2. The summed E-state index contributed by atoms with van der Waals surface area (Å²) in [5.41, 5.74) is 5.32.